The fourth-order valence-electron chi connectivity index (χ4n) is 1.99. The van der Waals surface area contributed by atoms with Crippen molar-refractivity contribution in [1.29, 1.82) is 0 Å². The summed E-state index contributed by atoms with van der Waals surface area (Å²) in [6.07, 6.45) is 0. The van der Waals surface area contributed by atoms with Crippen LogP contribution in [0.4, 0.5) is 17.1 Å². The van der Waals surface area contributed by atoms with Gasteiger partial charge in [0, 0.05) is 36.9 Å². The molecule has 0 bridgehead atoms. The van der Waals surface area contributed by atoms with Gasteiger partial charge in [0.25, 0.3) is 11.6 Å². The van der Waals surface area contributed by atoms with E-state index in [0.717, 1.165) is 0 Å². The van der Waals surface area contributed by atoms with E-state index in [1.165, 1.54) is 24.3 Å². The lowest BCUT2D eigenvalue weighted by atomic mass is 10.1. The lowest BCUT2D eigenvalue weighted by Crippen LogP contribution is -2.19. The number of benzene rings is 2. The van der Waals surface area contributed by atoms with Gasteiger partial charge in [0.2, 0.25) is 0 Å². The highest BCUT2D eigenvalue weighted by atomic mass is 35.5. The van der Waals surface area contributed by atoms with Crippen molar-refractivity contribution in [3.63, 3.8) is 0 Å². The summed E-state index contributed by atoms with van der Waals surface area (Å²) in [4.78, 5) is 24.6. The van der Waals surface area contributed by atoms with Crippen molar-refractivity contribution in [3.8, 4) is 0 Å². The van der Waals surface area contributed by atoms with Crippen LogP contribution in [-0.4, -0.2) is 24.9 Å². The van der Waals surface area contributed by atoms with Crippen LogP contribution < -0.4 is 10.2 Å². The van der Waals surface area contributed by atoms with Crippen LogP contribution in [0.1, 0.15) is 10.4 Å². The SMILES string of the molecule is CN(C)c1ccc([N+](=O)[O-])cc1C(=O)Nc1cc(Cl)ccc1Cl. The highest BCUT2D eigenvalue weighted by Gasteiger charge is 2.19. The smallest absolute Gasteiger partial charge is 0.270 e. The van der Waals surface area contributed by atoms with Gasteiger partial charge in [0.15, 0.2) is 0 Å². The van der Waals surface area contributed by atoms with Crippen molar-refractivity contribution in [2.24, 2.45) is 0 Å². The maximum absolute atomic E-state index is 12.5. The molecule has 0 fully saturated rings. The van der Waals surface area contributed by atoms with Crippen molar-refractivity contribution in [2.45, 2.75) is 0 Å². The Labute approximate surface area is 142 Å². The first-order valence-electron chi connectivity index (χ1n) is 6.51. The molecule has 0 unspecified atom stereocenters. The number of carbonyl (C=O) groups is 1. The summed E-state index contributed by atoms with van der Waals surface area (Å²) in [5.41, 5.74) is 0.879. The molecule has 0 saturated carbocycles. The minimum Gasteiger partial charge on any atom is -0.377 e. The predicted molar refractivity (Wildman–Crippen MR) is 91.8 cm³/mol. The van der Waals surface area contributed by atoms with Gasteiger partial charge in [-0.2, -0.15) is 0 Å². The Morgan fingerprint density at radius 3 is 2.48 bits per heavy atom. The number of hydrogen-bond acceptors (Lipinski definition) is 4. The highest BCUT2D eigenvalue weighted by molar-refractivity contribution is 6.36. The largest absolute Gasteiger partial charge is 0.377 e. The first kappa shape index (κ1) is 17.1. The standard InChI is InChI=1S/C15H13Cl2N3O3/c1-19(2)14-6-4-10(20(22)23)8-11(14)15(21)18-13-7-9(16)3-5-12(13)17/h3-8H,1-2H3,(H,18,21). The van der Waals surface area contributed by atoms with Gasteiger partial charge >= 0.3 is 0 Å². The predicted octanol–water partition coefficient (Wildman–Crippen LogP) is 4.22. The molecule has 120 valence electrons. The van der Waals surface area contributed by atoms with Crippen LogP contribution in [-0.2, 0) is 0 Å². The fourth-order valence-corrected chi connectivity index (χ4v) is 2.33. The second kappa shape index (κ2) is 6.85. The molecule has 0 spiro atoms. The second-order valence-electron chi connectivity index (χ2n) is 4.93. The summed E-state index contributed by atoms with van der Waals surface area (Å²) in [7, 11) is 3.48. The molecular formula is C15H13Cl2N3O3. The third-order valence-electron chi connectivity index (χ3n) is 3.09. The van der Waals surface area contributed by atoms with Gasteiger partial charge in [0.1, 0.15) is 0 Å². The molecule has 2 rings (SSSR count). The molecule has 23 heavy (non-hydrogen) atoms. The summed E-state index contributed by atoms with van der Waals surface area (Å²) in [5, 5.41) is 14.3. The lowest BCUT2D eigenvalue weighted by molar-refractivity contribution is -0.384. The van der Waals surface area contributed by atoms with Crippen LogP contribution in [0.5, 0.6) is 0 Å². The summed E-state index contributed by atoms with van der Waals surface area (Å²) in [6, 6.07) is 8.75. The average molecular weight is 354 g/mol. The van der Waals surface area contributed by atoms with Crippen molar-refractivity contribution < 1.29 is 9.72 Å². The summed E-state index contributed by atoms with van der Waals surface area (Å²) >= 11 is 11.9. The minimum absolute atomic E-state index is 0.167. The van der Waals surface area contributed by atoms with E-state index in [1.54, 1.807) is 31.1 Å². The number of anilines is 2. The van der Waals surface area contributed by atoms with E-state index < -0.39 is 10.8 Å². The number of nitrogens with one attached hydrogen (secondary N) is 1. The van der Waals surface area contributed by atoms with E-state index in [0.29, 0.717) is 21.4 Å². The maximum Gasteiger partial charge on any atom is 0.270 e. The van der Waals surface area contributed by atoms with Gasteiger partial charge < -0.3 is 10.2 Å². The molecule has 1 amide bonds. The van der Waals surface area contributed by atoms with Gasteiger partial charge in [-0.1, -0.05) is 23.2 Å². The number of rotatable bonds is 4. The average Bonchev–Trinajstić information content (AvgIpc) is 2.50. The van der Waals surface area contributed by atoms with Crippen LogP contribution in [0.3, 0.4) is 0 Å². The highest BCUT2D eigenvalue weighted by Crippen LogP contribution is 2.28. The second-order valence-corrected chi connectivity index (χ2v) is 5.77. The molecule has 0 aliphatic rings. The zero-order valence-corrected chi connectivity index (χ0v) is 13.9. The van der Waals surface area contributed by atoms with Gasteiger partial charge in [-0.3, -0.25) is 14.9 Å². The van der Waals surface area contributed by atoms with Crippen LogP contribution in [0.15, 0.2) is 36.4 Å². The molecule has 0 atom stereocenters. The number of nitro benzene ring substituents is 1. The minimum atomic E-state index is -0.553. The van der Waals surface area contributed by atoms with Crippen molar-refractivity contribution in [3.05, 3.63) is 62.1 Å². The van der Waals surface area contributed by atoms with Gasteiger partial charge in [-0.05, 0) is 24.3 Å². The first-order chi connectivity index (χ1) is 10.8. The quantitative estimate of drug-likeness (QED) is 0.659. The summed E-state index contributed by atoms with van der Waals surface area (Å²) < 4.78 is 0. The number of amides is 1. The number of nitrogens with zero attached hydrogens (tertiary/aromatic N) is 2. The normalized spacial score (nSPS) is 10.3. The maximum atomic E-state index is 12.5. The fraction of sp³-hybridized carbons (Fsp3) is 0.133. The Morgan fingerprint density at radius 1 is 1.17 bits per heavy atom. The van der Waals surface area contributed by atoms with E-state index in [4.69, 9.17) is 23.2 Å². The van der Waals surface area contributed by atoms with E-state index in [1.807, 2.05) is 0 Å². The Hall–Kier alpha value is -2.31. The Bertz CT molecular complexity index is 779. The molecule has 6 nitrogen and oxygen atoms in total. The molecule has 0 aliphatic heterocycles. The van der Waals surface area contributed by atoms with Crippen LogP contribution >= 0.6 is 23.2 Å². The number of hydrogen-bond donors (Lipinski definition) is 1. The van der Waals surface area contributed by atoms with Gasteiger partial charge in [-0.15, -0.1) is 0 Å². The van der Waals surface area contributed by atoms with Crippen molar-refractivity contribution in [2.75, 3.05) is 24.3 Å². The molecule has 2 aromatic carbocycles. The summed E-state index contributed by atoms with van der Waals surface area (Å²) in [6.45, 7) is 0. The van der Waals surface area contributed by atoms with Crippen LogP contribution in [0.25, 0.3) is 0 Å². The molecule has 0 aliphatic carbocycles. The summed E-state index contributed by atoms with van der Waals surface area (Å²) in [5.74, 6) is -0.512. The Kier molecular flexibility index (Phi) is 5.08. The molecule has 0 heterocycles. The molecule has 0 saturated heterocycles. The number of nitro groups is 1. The third kappa shape index (κ3) is 3.91. The number of non-ortho nitro benzene ring substituents is 1. The van der Waals surface area contributed by atoms with E-state index in [9.17, 15) is 14.9 Å². The van der Waals surface area contributed by atoms with E-state index >= 15 is 0 Å². The molecular weight excluding hydrogens is 341 g/mol. The molecule has 0 aromatic heterocycles. The molecule has 2 aromatic rings. The van der Waals surface area contributed by atoms with Gasteiger partial charge in [-0.25, -0.2) is 0 Å². The lowest BCUT2D eigenvalue weighted by Gasteiger charge is -2.17. The molecule has 1 N–H and O–H groups in total. The number of halogens is 2. The van der Waals surface area contributed by atoms with Crippen LogP contribution in [0.2, 0.25) is 10.0 Å². The van der Waals surface area contributed by atoms with E-state index in [2.05, 4.69) is 5.32 Å². The zero-order chi connectivity index (χ0) is 17.1. The van der Waals surface area contributed by atoms with Gasteiger partial charge in [0.05, 0.1) is 21.2 Å². The Morgan fingerprint density at radius 2 is 1.87 bits per heavy atom. The van der Waals surface area contributed by atoms with Crippen molar-refractivity contribution >= 4 is 46.2 Å². The Balaban J connectivity index is 2.43. The molecule has 0 radical (unpaired) electrons. The first-order valence-corrected chi connectivity index (χ1v) is 7.27. The monoisotopic (exact) mass is 353 g/mol. The van der Waals surface area contributed by atoms with Crippen molar-refractivity contribution in [1.82, 2.24) is 0 Å². The zero-order valence-electron chi connectivity index (χ0n) is 12.3. The number of carbonyl (C=O) groups excluding carboxylic acids is 1. The topological polar surface area (TPSA) is 75.5 Å². The van der Waals surface area contributed by atoms with Crippen LogP contribution in [0, 0.1) is 10.1 Å². The van der Waals surface area contributed by atoms with E-state index in [-0.39, 0.29) is 11.3 Å². The third-order valence-corrected chi connectivity index (χ3v) is 3.66. The molecule has 8 heteroatoms.